The molecule has 1 saturated heterocycles. The molecule has 0 saturated carbocycles. The quantitative estimate of drug-likeness (QED) is 0.703. The summed E-state index contributed by atoms with van der Waals surface area (Å²) in [6.45, 7) is 1.56. The second-order valence-electron chi connectivity index (χ2n) is 4.15. The van der Waals surface area contributed by atoms with Crippen molar-refractivity contribution in [3.05, 3.63) is 28.8 Å². The lowest BCUT2D eigenvalue weighted by atomic mass is 9.93. The molecule has 1 aromatic rings. The van der Waals surface area contributed by atoms with Crippen LogP contribution in [-0.4, -0.2) is 23.8 Å². The number of nitrogens with one attached hydrogen (secondary N) is 1. The molecule has 0 aromatic heterocycles. The third-order valence-corrected chi connectivity index (χ3v) is 3.54. The van der Waals surface area contributed by atoms with Gasteiger partial charge in [-0.3, -0.25) is 0 Å². The van der Waals surface area contributed by atoms with Gasteiger partial charge in [-0.15, -0.1) is 0 Å². The molecule has 4 heteroatoms. The van der Waals surface area contributed by atoms with Gasteiger partial charge in [0.2, 0.25) is 0 Å². The van der Waals surface area contributed by atoms with Crippen LogP contribution in [0.2, 0.25) is 5.02 Å². The first-order valence-corrected chi connectivity index (χ1v) is 5.47. The maximum Gasteiger partial charge on any atom is 0.153 e. The van der Waals surface area contributed by atoms with Gasteiger partial charge < -0.3 is 15.2 Å². The van der Waals surface area contributed by atoms with Crippen molar-refractivity contribution in [2.24, 2.45) is 0 Å². The number of aliphatic hydroxyl groups is 1. The van der Waals surface area contributed by atoms with E-state index in [1.165, 1.54) is 0 Å². The molecule has 1 aromatic carbocycles. The molecule has 0 radical (unpaired) electrons. The van der Waals surface area contributed by atoms with Gasteiger partial charge in [-0.05, 0) is 12.6 Å². The molecule has 3 nitrogen and oxygen atoms in total. The molecule has 2 aliphatic rings. The highest BCUT2D eigenvalue weighted by Crippen LogP contribution is 2.48. The zero-order chi connectivity index (χ0) is 10.5. The van der Waals surface area contributed by atoms with Crippen molar-refractivity contribution in [2.45, 2.75) is 18.1 Å². The Morgan fingerprint density at radius 1 is 1.53 bits per heavy atom. The summed E-state index contributed by atoms with van der Waals surface area (Å²) in [6.07, 6.45) is 0.250. The first-order chi connectivity index (χ1) is 7.23. The third kappa shape index (κ3) is 1.20. The van der Waals surface area contributed by atoms with Crippen LogP contribution in [0.1, 0.15) is 18.1 Å². The van der Waals surface area contributed by atoms with Crippen LogP contribution in [0.5, 0.6) is 5.75 Å². The minimum atomic E-state index is -0.568. The van der Waals surface area contributed by atoms with Crippen LogP contribution < -0.4 is 10.1 Å². The van der Waals surface area contributed by atoms with E-state index in [-0.39, 0.29) is 0 Å². The summed E-state index contributed by atoms with van der Waals surface area (Å²) in [7, 11) is 0. The van der Waals surface area contributed by atoms with Crippen molar-refractivity contribution >= 4 is 11.6 Å². The van der Waals surface area contributed by atoms with E-state index >= 15 is 0 Å². The molecule has 2 aliphatic heterocycles. The Hall–Kier alpha value is -0.770. The predicted octanol–water partition coefficient (Wildman–Crippen LogP) is 1.50. The fourth-order valence-electron chi connectivity index (χ4n) is 2.40. The van der Waals surface area contributed by atoms with Crippen molar-refractivity contribution in [3.63, 3.8) is 0 Å². The first-order valence-electron chi connectivity index (χ1n) is 5.09. The average molecular weight is 226 g/mol. The topological polar surface area (TPSA) is 41.5 Å². The molecule has 2 atom stereocenters. The molecule has 0 bridgehead atoms. The Kier molecular flexibility index (Phi) is 1.96. The van der Waals surface area contributed by atoms with E-state index in [4.69, 9.17) is 16.3 Å². The molecule has 80 valence electrons. The van der Waals surface area contributed by atoms with Gasteiger partial charge in [-0.25, -0.2) is 0 Å². The van der Waals surface area contributed by atoms with Crippen molar-refractivity contribution in [1.82, 2.24) is 5.32 Å². The average Bonchev–Trinajstić information content (AvgIpc) is 2.79. The Bertz CT molecular complexity index is 402. The predicted molar refractivity (Wildman–Crippen MR) is 57.3 cm³/mol. The second kappa shape index (κ2) is 3.11. The van der Waals surface area contributed by atoms with Crippen LogP contribution in [0, 0.1) is 0 Å². The smallest absolute Gasteiger partial charge is 0.153 e. The summed E-state index contributed by atoms with van der Waals surface area (Å²) in [6, 6.07) is 5.50. The highest BCUT2D eigenvalue weighted by Gasteiger charge is 2.50. The summed E-state index contributed by atoms with van der Waals surface area (Å²) < 4.78 is 5.85. The number of rotatable bonds is 0. The van der Waals surface area contributed by atoms with E-state index in [2.05, 4.69) is 5.32 Å². The summed E-state index contributed by atoms with van der Waals surface area (Å²) in [5, 5.41) is 14.0. The van der Waals surface area contributed by atoms with Crippen molar-refractivity contribution in [1.29, 1.82) is 0 Å². The van der Waals surface area contributed by atoms with Gasteiger partial charge in [0.1, 0.15) is 11.9 Å². The zero-order valence-corrected chi connectivity index (χ0v) is 8.92. The largest absolute Gasteiger partial charge is 0.481 e. The SMILES string of the molecule is OC1c2cccc(Cl)c2OC12CCNC2. The first kappa shape index (κ1) is 9.46. The van der Waals surface area contributed by atoms with E-state index < -0.39 is 11.7 Å². The number of para-hydroxylation sites is 1. The number of ether oxygens (including phenoxy) is 1. The maximum atomic E-state index is 10.2. The summed E-state index contributed by atoms with van der Waals surface area (Å²) in [5.41, 5.74) is 0.319. The monoisotopic (exact) mass is 225 g/mol. The van der Waals surface area contributed by atoms with Gasteiger partial charge >= 0.3 is 0 Å². The van der Waals surface area contributed by atoms with Gasteiger partial charge in [0.25, 0.3) is 0 Å². The van der Waals surface area contributed by atoms with Crippen LogP contribution in [0.15, 0.2) is 18.2 Å². The fourth-order valence-corrected chi connectivity index (χ4v) is 2.62. The molecule has 15 heavy (non-hydrogen) atoms. The summed E-state index contributed by atoms with van der Waals surface area (Å²) in [5.74, 6) is 0.648. The maximum absolute atomic E-state index is 10.2. The standard InChI is InChI=1S/C11H12ClNO2/c12-8-3-1-2-7-9(8)15-11(10(7)14)4-5-13-6-11/h1-3,10,13-14H,4-6H2. The zero-order valence-electron chi connectivity index (χ0n) is 8.16. The minimum absolute atomic E-state index is 0.493. The van der Waals surface area contributed by atoms with E-state index in [9.17, 15) is 5.11 Å². The summed E-state index contributed by atoms with van der Waals surface area (Å²) in [4.78, 5) is 0. The molecule has 3 rings (SSSR count). The molecule has 2 N–H and O–H groups in total. The second-order valence-corrected chi connectivity index (χ2v) is 4.56. The normalized spacial score (nSPS) is 33.1. The van der Waals surface area contributed by atoms with E-state index in [0.717, 1.165) is 18.5 Å². The molecular weight excluding hydrogens is 214 g/mol. The number of hydrogen-bond donors (Lipinski definition) is 2. The number of hydrogen-bond acceptors (Lipinski definition) is 3. The number of fused-ring (bicyclic) bond motifs is 1. The molecule has 1 fully saturated rings. The lowest BCUT2D eigenvalue weighted by molar-refractivity contribution is -0.0126. The van der Waals surface area contributed by atoms with Crippen LogP contribution >= 0.6 is 11.6 Å². The minimum Gasteiger partial charge on any atom is -0.481 e. The van der Waals surface area contributed by atoms with E-state index in [1.807, 2.05) is 12.1 Å². The van der Waals surface area contributed by atoms with Crippen LogP contribution in [-0.2, 0) is 0 Å². The van der Waals surface area contributed by atoms with Crippen molar-refractivity contribution in [3.8, 4) is 5.75 Å². The molecule has 0 aliphatic carbocycles. The Labute approximate surface area is 93.0 Å². The van der Waals surface area contributed by atoms with E-state index in [1.54, 1.807) is 6.07 Å². The van der Waals surface area contributed by atoms with Crippen LogP contribution in [0.4, 0.5) is 0 Å². The van der Waals surface area contributed by atoms with E-state index in [0.29, 0.717) is 17.3 Å². The number of benzene rings is 1. The van der Waals surface area contributed by atoms with Gasteiger partial charge in [-0.1, -0.05) is 23.7 Å². The van der Waals surface area contributed by atoms with Crippen LogP contribution in [0.25, 0.3) is 0 Å². The van der Waals surface area contributed by atoms with Crippen molar-refractivity contribution < 1.29 is 9.84 Å². The molecule has 2 heterocycles. The molecule has 0 amide bonds. The lowest BCUT2D eigenvalue weighted by Gasteiger charge is -2.25. The summed E-state index contributed by atoms with van der Waals surface area (Å²) >= 11 is 6.04. The Morgan fingerprint density at radius 3 is 3.07 bits per heavy atom. The Morgan fingerprint density at radius 2 is 2.40 bits per heavy atom. The molecular formula is C11H12ClNO2. The number of aliphatic hydroxyl groups excluding tert-OH is 1. The van der Waals surface area contributed by atoms with Crippen LogP contribution in [0.3, 0.4) is 0 Å². The Balaban J connectivity index is 2.08. The van der Waals surface area contributed by atoms with Crippen molar-refractivity contribution in [2.75, 3.05) is 13.1 Å². The highest BCUT2D eigenvalue weighted by atomic mass is 35.5. The van der Waals surface area contributed by atoms with Gasteiger partial charge in [-0.2, -0.15) is 0 Å². The third-order valence-electron chi connectivity index (χ3n) is 3.24. The lowest BCUT2D eigenvalue weighted by Crippen LogP contribution is -2.40. The van der Waals surface area contributed by atoms with Gasteiger partial charge in [0.05, 0.1) is 5.02 Å². The highest BCUT2D eigenvalue weighted by molar-refractivity contribution is 6.32. The van der Waals surface area contributed by atoms with Gasteiger partial charge in [0, 0.05) is 18.5 Å². The fraction of sp³-hybridized carbons (Fsp3) is 0.455. The van der Waals surface area contributed by atoms with Gasteiger partial charge in [0.15, 0.2) is 5.60 Å². The molecule has 2 unspecified atom stereocenters. The molecule has 1 spiro atoms. The number of halogens is 1.